The highest BCUT2D eigenvalue weighted by Crippen LogP contribution is 2.29. The number of rotatable bonds is 5. The molecule has 1 atom stereocenters. The molecule has 0 bridgehead atoms. The van der Waals surface area contributed by atoms with E-state index in [1.165, 1.54) is 18.7 Å². The van der Waals surface area contributed by atoms with Gasteiger partial charge in [-0.1, -0.05) is 0 Å². The van der Waals surface area contributed by atoms with Crippen LogP contribution in [0, 0.1) is 0 Å². The van der Waals surface area contributed by atoms with Gasteiger partial charge in [0.05, 0.1) is 12.6 Å². The van der Waals surface area contributed by atoms with Crippen molar-refractivity contribution in [2.24, 2.45) is 0 Å². The molecular formula is C15H26N4OS. The summed E-state index contributed by atoms with van der Waals surface area (Å²) in [5, 5.41) is 4.86. The first-order valence-corrected chi connectivity index (χ1v) is 9.38. The Kier molecular flexibility index (Phi) is 5.19. The molecule has 0 aromatic carbocycles. The number of piperidine rings is 1. The van der Waals surface area contributed by atoms with Crippen molar-refractivity contribution in [3.63, 3.8) is 0 Å². The van der Waals surface area contributed by atoms with Crippen molar-refractivity contribution >= 4 is 11.8 Å². The van der Waals surface area contributed by atoms with E-state index >= 15 is 0 Å². The van der Waals surface area contributed by atoms with Crippen LogP contribution in [-0.2, 0) is 11.2 Å². The minimum absolute atomic E-state index is 0.445. The molecule has 3 heterocycles. The van der Waals surface area contributed by atoms with Crippen molar-refractivity contribution in [1.82, 2.24) is 19.7 Å². The van der Waals surface area contributed by atoms with Gasteiger partial charge in [0.15, 0.2) is 5.82 Å². The number of aromatic nitrogens is 3. The fourth-order valence-electron chi connectivity index (χ4n) is 3.21. The molecule has 21 heavy (non-hydrogen) atoms. The third-order valence-electron chi connectivity index (χ3n) is 4.56. The van der Waals surface area contributed by atoms with Crippen LogP contribution < -0.4 is 0 Å². The van der Waals surface area contributed by atoms with E-state index in [0.29, 0.717) is 12.0 Å². The van der Waals surface area contributed by atoms with Gasteiger partial charge < -0.3 is 9.64 Å². The van der Waals surface area contributed by atoms with E-state index in [0.717, 1.165) is 50.7 Å². The molecule has 0 amide bonds. The second-order valence-electron chi connectivity index (χ2n) is 6.17. The highest BCUT2D eigenvalue weighted by atomic mass is 32.2. The lowest BCUT2D eigenvalue weighted by Crippen LogP contribution is -2.32. The Morgan fingerprint density at radius 3 is 2.76 bits per heavy atom. The number of nitrogens with zero attached hydrogens (tertiary/aromatic N) is 4. The fourth-order valence-corrected chi connectivity index (χ4v) is 3.59. The summed E-state index contributed by atoms with van der Waals surface area (Å²) in [7, 11) is 2.20. The van der Waals surface area contributed by atoms with Crippen LogP contribution in [-0.4, -0.2) is 65.0 Å². The number of likely N-dealkylation sites (tertiary alicyclic amines) is 1. The molecule has 118 valence electrons. The molecule has 6 heteroatoms. The van der Waals surface area contributed by atoms with E-state index < -0.39 is 0 Å². The summed E-state index contributed by atoms with van der Waals surface area (Å²) >= 11 is 1.86. The third-order valence-corrected chi connectivity index (χ3v) is 5.17. The van der Waals surface area contributed by atoms with Gasteiger partial charge >= 0.3 is 0 Å². The maximum absolute atomic E-state index is 5.57. The van der Waals surface area contributed by atoms with E-state index in [2.05, 4.69) is 22.9 Å². The zero-order valence-corrected chi connectivity index (χ0v) is 13.9. The first-order valence-electron chi connectivity index (χ1n) is 7.98. The summed E-state index contributed by atoms with van der Waals surface area (Å²) in [4.78, 5) is 7.27. The first kappa shape index (κ1) is 15.3. The molecule has 2 saturated heterocycles. The molecule has 1 aromatic heterocycles. The van der Waals surface area contributed by atoms with Crippen LogP contribution in [0.3, 0.4) is 0 Å². The van der Waals surface area contributed by atoms with Gasteiger partial charge in [-0.3, -0.25) is 0 Å². The van der Waals surface area contributed by atoms with Crippen molar-refractivity contribution in [3.05, 3.63) is 11.6 Å². The summed E-state index contributed by atoms with van der Waals surface area (Å²) in [6.07, 6.45) is 6.57. The number of hydrogen-bond donors (Lipinski definition) is 0. The molecule has 3 rings (SSSR count). The molecule has 0 N–H and O–H groups in total. The number of hydrogen-bond acceptors (Lipinski definition) is 5. The summed E-state index contributed by atoms with van der Waals surface area (Å²) in [6.45, 7) is 3.99. The van der Waals surface area contributed by atoms with E-state index in [1.807, 2.05) is 11.8 Å². The highest BCUT2D eigenvalue weighted by Gasteiger charge is 2.29. The smallest absolute Gasteiger partial charge is 0.151 e. The minimum atomic E-state index is 0.445. The van der Waals surface area contributed by atoms with Crippen LogP contribution in [0.1, 0.15) is 42.9 Å². The molecule has 2 aliphatic rings. The predicted molar refractivity (Wildman–Crippen MR) is 86.1 cm³/mol. The molecule has 5 nitrogen and oxygen atoms in total. The Labute approximate surface area is 131 Å². The zero-order chi connectivity index (χ0) is 14.7. The van der Waals surface area contributed by atoms with Gasteiger partial charge in [-0.15, -0.1) is 0 Å². The molecule has 0 aliphatic carbocycles. The van der Waals surface area contributed by atoms with Crippen LogP contribution in [0.5, 0.6) is 0 Å². The lowest BCUT2D eigenvalue weighted by molar-refractivity contribution is 0.188. The van der Waals surface area contributed by atoms with Crippen LogP contribution in [0.4, 0.5) is 0 Å². The van der Waals surface area contributed by atoms with Gasteiger partial charge in [0.1, 0.15) is 5.82 Å². The van der Waals surface area contributed by atoms with Crippen LogP contribution in [0.15, 0.2) is 0 Å². The monoisotopic (exact) mass is 310 g/mol. The van der Waals surface area contributed by atoms with Crippen molar-refractivity contribution < 1.29 is 4.74 Å². The quantitative estimate of drug-likeness (QED) is 0.832. The van der Waals surface area contributed by atoms with Crippen LogP contribution >= 0.6 is 11.8 Å². The van der Waals surface area contributed by atoms with Crippen molar-refractivity contribution in [2.75, 3.05) is 45.4 Å². The Hall–Kier alpha value is -0.590. The average molecular weight is 310 g/mol. The van der Waals surface area contributed by atoms with Crippen molar-refractivity contribution in [3.8, 4) is 0 Å². The highest BCUT2D eigenvalue weighted by molar-refractivity contribution is 7.98. The molecule has 0 saturated carbocycles. The lowest BCUT2D eigenvalue weighted by atomic mass is 10.0. The number of thioether (sulfide) groups is 1. The maximum atomic E-state index is 5.57. The summed E-state index contributed by atoms with van der Waals surface area (Å²) in [5.74, 6) is 3.74. The summed E-state index contributed by atoms with van der Waals surface area (Å²) in [5.41, 5.74) is 0. The molecule has 2 fully saturated rings. The Morgan fingerprint density at radius 1 is 1.29 bits per heavy atom. The molecule has 1 aromatic rings. The molecular weight excluding hydrogens is 284 g/mol. The largest absolute Gasteiger partial charge is 0.381 e. The van der Waals surface area contributed by atoms with Crippen molar-refractivity contribution in [1.29, 1.82) is 0 Å². The van der Waals surface area contributed by atoms with E-state index in [1.54, 1.807) is 0 Å². The summed E-state index contributed by atoms with van der Waals surface area (Å²) in [6, 6.07) is 0.521. The lowest BCUT2D eigenvalue weighted by Gasteiger charge is -2.30. The number of aryl methyl sites for hydroxylation is 1. The molecule has 2 aliphatic heterocycles. The molecule has 0 unspecified atom stereocenters. The maximum Gasteiger partial charge on any atom is 0.151 e. The van der Waals surface area contributed by atoms with Crippen LogP contribution in [0.2, 0.25) is 0 Å². The van der Waals surface area contributed by atoms with Gasteiger partial charge in [0.25, 0.3) is 0 Å². The second kappa shape index (κ2) is 7.11. The second-order valence-corrected chi connectivity index (χ2v) is 7.15. The Balaban J connectivity index is 1.80. The third kappa shape index (κ3) is 3.60. The number of ether oxygens (including phenoxy) is 1. The summed E-state index contributed by atoms with van der Waals surface area (Å²) < 4.78 is 7.82. The average Bonchev–Trinajstić information content (AvgIpc) is 3.15. The van der Waals surface area contributed by atoms with Crippen LogP contribution in [0.25, 0.3) is 0 Å². The Morgan fingerprint density at radius 2 is 2.10 bits per heavy atom. The first-order chi connectivity index (χ1) is 10.3. The van der Waals surface area contributed by atoms with E-state index in [9.17, 15) is 0 Å². The molecule has 0 radical (unpaired) electrons. The van der Waals surface area contributed by atoms with Gasteiger partial charge in [-0.2, -0.15) is 16.9 Å². The SMILES string of the molecule is CSCCc1nc([C@H]2CCOC2)n(C2CCN(C)CC2)n1. The van der Waals surface area contributed by atoms with E-state index in [4.69, 9.17) is 14.8 Å². The predicted octanol–water partition coefficient (Wildman–Crippen LogP) is 1.95. The van der Waals surface area contributed by atoms with Gasteiger partial charge in [0, 0.05) is 24.7 Å². The van der Waals surface area contributed by atoms with Gasteiger partial charge in [0.2, 0.25) is 0 Å². The van der Waals surface area contributed by atoms with Crippen molar-refractivity contribution in [2.45, 2.75) is 37.6 Å². The normalized spacial score (nSPS) is 24.8. The van der Waals surface area contributed by atoms with E-state index in [-0.39, 0.29) is 0 Å². The van der Waals surface area contributed by atoms with Gasteiger partial charge in [-0.05, 0) is 45.7 Å². The fraction of sp³-hybridized carbons (Fsp3) is 0.867. The standard InChI is InChI=1S/C15H26N4OS/c1-18-7-3-13(4-8-18)19-15(12-5-9-20-11-12)16-14(17-19)6-10-21-2/h12-13H,3-11H2,1-2H3/t12-/m0/s1. The topological polar surface area (TPSA) is 43.2 Å². The minimum Gasteiger partial charge on any atom is -0.381 e. The van der Waals surface area contributed by atoms with Gasteiger partial charge in [-0.25, -0.2) is 9.67 Å². The Bertz CT molecular complexity index is 451. The molecule has 0 spiro atoms. The zero-order valence-electron chi connectivity index (χ0n) is 13.1.